The molecule has 0 aliphatic heterocycles. The first kappa shape index (κ1) is 12.0. The highest BCUT2D eigenvalue weighted by molar-refractivity contribution is 6.36. The standard InChI is InChI=1S/C12H6Cl2FNO/c13-7-1-3-10(14)9(5-7)12(17)11-4-2-8(15)6-16-11/h1-6H. The molecule has 0 aliphatic rings. The lowest BCUT2D eigenvalue weighted by atomic mass is 10.1. The van der Waals surface area contributed by atoms with E-state index in [2.05, 4.69) is 4.98 Å². The van der Waals surface area contributed by atoms with Crippen LogP contribution in [0.2, 0.25) is 10.0 Å². The molecule has 0 fully saturated rings. The fourth-order valence-electron chi connectivity index (χ4n) is 1.32. The van der Waals surface area contributed by atoms with E-state index in [9.17, 15) is 9.18 Å². The molecule has 0 bridgehead atoms. The fourth-order valence-corrected chi connectivity index (χ4v) is 1.70. The Morgan fingerprint density at radius 2 is 1.94 bits per heavy atom. The van der Waals surface area contributed by atoms with E-state index in [1.807, 2.05) is 0 Å². The number of pyridine rings is 1. The molecule has 0 saturated heterocycles. The normalized spacial score (nSPS) is 10.3. The van der Waals surface area contributed by atoms with Crippen molar-refractivity contribution in [3.05, 3.63) is 63.6 Å². The molecular weight excluding hydrogens is 264 g/mol. The number of carbonyl (C=O) groups is 1. The minimum Gasteiger partial charge on any atom is -0.287 e. The topological polar surface area (TPSA) is 30.0 Å². The third-order valence-corrected chi connectivity index (χ3v) is 2.70. The Labute approximate surface area is 107 Å². The highest BCUT2D eigenvalue weighted by atomic mass is 35.5. The van der Waals surface area contributed by atoms with Gasteiger partial charge < -0.3 is 0 Å². The molecule has 0 atom stereocenters. The van der Waals surface area contributed by atoms with E-state index in [1.165, 1.54) is 24.3 Å². The number of hydrogen-bond donors (Lipinski definition) is 0. The van der Waals surface area contributed by atoms with E-state index in [4.69, 9.17) is 23.2 Å². The zero-order chi connectivity index (χ0) is 12.4. The van der Waals surface area contributed by atoms with Crippen LogP contribution in [0, 0.1) is 5.82 Å². The summed E-state index contributed by atoms with van der Waals surface area (Å²) in [7, 11) is 0. The van der Waals surface area contributed by atoms with Gasteiger partial charge in [-0.1, -0.05) is 23.2 Å². The predicted molar refractivity (Wildman–Crippen MR) is 64.1 cm³/mol. The number of carbonyl (C=O) groups excluding carboxylic acids is 1. The van der Waals surface area contributed by atoms with Crippen molar-refractivity contribution in [2.24, 2.45) is 0 Å². The molecule has 0 saturated carbocycles. The summed E-state index contributed by atoms with van der Waals surface area (Å²) in [6, 6.07) is 7.03. The third kappa shape index (κ3) is 2.62. The van der Waals surface area contributed by atoms with Gasteiger partial charge in [-0.2, -0.15) is 0 Å². The average molecular weight is 270 g/mol. The second kappa shape index (κ2) is 4.82. The van der Waals surface area contributed by atoms with Crippen molar-refractivity contribution in [3.63, 3.8) is 0 Å². The summed E-state index contributed by atoms with van der Waals surface area (Å²) < 4.78 is 12.7. The molecule has 0 N–H and O–H groups in total. The van der Waals surface area contributed by atoms with Gasteiger partial charge in [0.15, 0.2) is 0 Å². The van der Waals surface area contributed by atoms with Crippen molar-refractivity contribution >= 4 is 29.0 Å². The number of hydrogen-bond acceptors (Lipinski definition) is 2. The van der Waals surface area contributed by atoms with Gasteiger partial charge >= 0.3 is 0 Å². The average Bonchev–Trinajstić information content (AvgIpc) is 2.32. The van der Waals surface area contributed by atoms with Crippen molar-refractivity contribution in [2.45, 2.75) is 0 Å². The molecule has 2 rings (SSSR count). The molecule has 5 heteroatoms. The maximum atomic E-state index is 12.7. The summed E-state index contributed by atoms with van der Waals surface area (Å²) in [4.78, 5) is 15.7. The summed E-state index contributed by atoms with van der Waals surface area (Å²) in [5.41, 5.74) is 0.369. The van der Waals surface area contributed by atoms with Crippen LogP contribution in [-0.2, 0) is 0 Å². The summed E-state index contributed by atoms with van der Waals surface area (Å²) in [6.45, 7) is 0. The first-order valence-corrected chi connectivity index (χ1v) is 5.45. The van der Waals surface area contributed by atoms with E-state index in [0.29, 0.717) is 5.02 Å². The smallest absolute Gasteiger partial charge is 0.212 e. The summed E-state index contributed by atoms with van der Waals surface area (Å²) >= 11 is 11.7. The van der Waals surface area contributed by atoms with E-state index in [1.54, 1.807) is 6.07 Å². The Hall–Kier alpha value is -1.45. The van der Waals surface area contributed by atoms with E-state index in [-0.39, 0.29) is 16.3 Å². The van der Waals surface area contributed by atoms with Crippen LogP contribution in [0.4, 0.5) is 4.39 Å². The van der Waals surface area contributed by atoms with Crippen LogP contribution >= 0.6 is 23.2 Å². The molecule has 2 nitrogen and oxygen atoms in total. The zero-order valence-corrected chi connectivity index (χ0v) is 9.97. The lowest BCUT2D eigenvalue weighted by Crippen LogP contribution is -2.04. The monoisotopic (exact) mass is 269 g/mol. The summed E-state index contributed by atoms with van der Waals surface area (Å²) in [5, 5.41) is 0.686. The molecule has 86 valence electrons. The van der Waals surface area contributed by atoms with Gasteiger partial charge in [0.1, 0.15) is 11.5 Å². The number of halogens is 3. The highest BCUT2D eigenvalue weighted by Crippen LogP contribution is 2.22. The van der Waals surface area contributed by atoms with Crippen LogP contribution in [0.15, 0.2) is 36.5 Å². The molecule has 0 unspecified atom stereocenters. The SMILES string of the molecule is O=C(c1ccc(F)cn1)c1cc(Cl)ccc1Cl. The Balaban J connectivity index is 2.43. The molecule has 0 radical (unpaired) electrons. The molecule has 0 aliphatic carbocycles. The van der Waals surface area contributed by atoms with Crippen LogP contribution in [0.3, 0.4) is 0 Å². The van der Waals surface area contributed by atoms with Crippen LogP contribution in [0.5, 0.6) is 0 Å². The molecule has 0 amide bonds. The number of benzene rings is 1. The molecule has 1 heterocycles. The lowest BCUT2D eigenvalue weighted by Gasteiger charge is -2.03. The van der Waals surface area contributed by atoms with Gasteiger partial charge in [-0.05, 0) is 30.3 Å². The summed E-state index contributed by atoms with van der Waals surface area (Å²) in [5.74, 6) is -0.892. The zero-order valence-electron chi connectivity index (χ0n) is 8.45. The Morgan fingerprint density at radius 1 is 1.18 bits per heavy atom. The molecule has 0 spiro atoms. The third-order valence-electron chi connectivity index (χ3n) is 2.13. The number of nitrogens with zero attached hydrogens (tertiary/aromatic N) is 1. The Kier molecular flexibility index (Phi) is 3.41. The number of ketones is 1. The molecule has 2 aromatic rings. The highest BCUT2D eigenvalue weighted by Gasteiger charge is 2.14. The quantitative estimate of drug-likeness (QED) is 0.778. The Morgan fingerprint density at radius 3 is 2.59 bits per heavy atom. The van der Waals surface area contributed by atoms with Gasteiger partial charge in [-0.25, -0.2) is 9.37 Å². The summed E-state index contributed by atoms with van der Waals surface area (Å²) in [6.07, 6.45) is 0.978. The van der Waals surface area contributed by atoms with Crippen molar-refractivity contribution in [1.82, 2.24) is 4.98 Å². The van der Waals surface area contributed by atoms with Crippen molar-refractivity contribution in [1.29, 1.82) is 0 Å². The van der Waals surface area contributed by atoms with Crippen molar-refractivity contribution in [2.75, 3.05) is 0 Å². The second-order valence-corrected chi connectivity index (χ2v) is 4.16. The van der Waals surface area contributed by atoms with E-state index < -0.39 is 11.6 Å². The number of aromatic nitrogens is 1. The minimum absolute atomic E-state index is 0.121. The largest absolute Gasteiger partial charge is 0.287 e. The van der Waals surface area contributed by atoms with Gasteiger partial charge in [-0.15, -0.1) is 0 Å². The van der Waals surface area contributed by atoms with Crippen molar-refractivity contribution in [3.8, 4) is 0 Å². The molecule has 1 aromatic carbocycles. The second-order valence-electron chi connectivity index (χ2n) is 3.31. The maximum Gasteiger partial charge on any atom is 0.212 e. The Bertz CT molecular complexity index is 569. The number of rotatable bonds is 2. The van der Waals surface area contributed by atoms with E-state index >= 15 is 0 Å². The van der Waals surface area contributed by atoms with Crippen LogP contribution < -0.4 is 0 Å². The molecular formula is C12H6Cl2FNO. The van der Waals surface area contributed by atoms with Gasteiger partial charge in [0, 0.05) is 10.6 Å². The van der Waals surface area contributed by atoms with Crippen LogP contribution in [-0.4, -0.2) is 10.8 Å². The molecule has 1 aromatic heterocycles. The molecule has 17 heavy (non-hydrogen) atoms. The van der Waals surface area contributed by atoms with E-state index in [0.717, 1.165) is 6.20 Å². The first-order valence-electron chi connectivity index (χ1n) is 4.69. The van der Waals surface area contributed by atoms with Gasteiger partial charge in [0.05, 0.1) is 11.2 Å². The maximum absolute atomic E-state index is 12.7. The van der Waals surface area contributed by atoms with Crippen LogP contribution in [0.25, 0.3) is 0 Å². The minimum atomic E-state index is -0.501. The predicted octanol–water partition coefficient (Wildman–Crippen LogP) is 3.76. The first-order chi connectivity index (χ1) is 8.08. The lowest BCUT2D eigenvalue weighted by molar-refractivity contribution is 0.103. The van der Waals surface area contributed by atoms with Gasteiger partial charge in [0.2, 0.25) is 5.78 Å². The van der Waals surface area contributed by atoms with Gasteiger partial charge in [-0.3, -0.25) is 4.79 Å². The van der Waals surface area contributed by atoms with Gasteiger partial charge in [0.25, 0.3) is 0 Å². The van der Waals surface area contributed by atoms with Crippen LogP contribution in [0.1, 0.15) is 16.1 Å². The fraction of sp³-hybridized carbons (Fsp3) is 0. The van der Waals surface area contributed by atoms with Crippen molar-refractivity contribution < 1.29 is 9.18 Å².